The van der Waals surface area contributed by atoms with Crippen molar-refractivity contribution in [1.29, 1.82) is 0 Å². The van der Waals surface area contributed by atoms with Crippen molar-refractivity contribution >= 4 is 10.9 Å². The van der Waals surface area contributed by atoms with E-state index in [-0.39, 0.29) is 0 Å². The molecule has 0 bridgehead atoms. The molecule has 5 heteroatoms. The average Bonchev–Trinajstić information content (AvgIpc) is 3.22. The zero-order chi connectivity index (χ0) is 19.2. The number of hydrogen-bond acceptors (Lipinski definition) is 4. The van der Waals surface area contributed by atoms with Crippen LogP contribution in [-0.4, -0.2) is 53.9 Å². The van der Waals surface area contributed by atoms with Gasteiger partial charge in [0.25, 0.3) is 0 Å². The number of ether oxygens (including phenoxy) is 2. The van der Waals surface area contributed by atoms with Crippen LogP contribution in [0.5, 0.6) is 11.5 Å². The second-order valence-corrected chi connectivity index (χ2v) is 7.53. The van der Waals surface area contributed by atoms with E-state index in [9.17, 15) is 5.11 Å². The number of aliphatic hydroxyl groups excluding tert-OH is 1. The number of nitrogens with one attached hydrogen (secondary N) is 1. The topological polar surface area (TPSA) is 57.7 Å². The highest BCUT2D eigenvalue weighted by atomic mass is 16.5. The Balaban J connectivity index is 1.18. The third-order valence-corrected chi connectivity index (χ3v) is 5.39. The van der Waals surface area contributed by atoms with E-state index < -0.39 is 6.10 Å². The zero-order valence-corrected chi connectivity index (χ0v) is 16.1. The highest BCUT2D eigenvalue weighted by Gasteiger charge is 2.22. The Kier molecular flexibility index (Phi) is 6.14. The summed E-state index contributed by atoms with van der Waals surface area (Å²) in [5.41, 5.74) is 1.05. The highest BCUT2D eigenvalue weighted by Crippen LogP contribution is 2.25. The van der Waals surface area contributed by atoms with E-state index in [2.05, 4.69) is 9.88 Å². The summed E-state index contributed by atoms with van der Waals surface area (Å²) in [6.45, 7) is 3.71. The van der Waals surface area contributed by atoms with Gasteiger partial charge < -0.3 is 24.5 Å². The van der Waals surface area contributed by atoms with E-state index in [4.69, 9.17) is 9.47 Å². The first-order chi connectivity index (χ1) is 13.8. The number of rotatable bonds is 8. The van der Waals surface area contributed by atoms with Gasteiger partial charge in [0.05, 0.1) is 6.61 Å². The van der Waals surface area contributed by atoms with Crippen molar-refractivity contribution in [1.82, 2.24) is 9.88 Å². The smallest absolute Gasteiger partial charge is 0.128 e. The number of likely N-dealkylation sites (tertiary alicyclic amines) is 1. The van der Waals surface area contributed by atoms with Gasteiger partial charge in [0.15, 0.2) is 0 Å². The molecular formula is C23H28N2O3. The maximum absolute atomic E-state index is 10.4. The predicted molar refractivity (Wildman–Crippen MR) is 111 cm³/mol. The minimum atomic E-state index is -0.494. The maximum Gasteiger partial charge on any atom is 0.128 e. The Morgan fingerprint density at radius 2 is 1.82 bits per heavy atom. The Bertz CT molecular complexity index is 856. The van der Waals surface area contributed by atoms with Crippen molar-refractivity contribution in [3.05, 3.63) is 60.8 Å². The Morgan fingerprint density at radius 1 is 1.00 bits per heavy atom. The summed E-state index contributed by atoms with van der Waals surface area (Å²) in [6.07, 6.45) is 3.61. The summed E-state index contributed by atoms with van der Waals surface area (Å²) in [5.74, 6) is 2.33. The number of hydrogen-bond donors (Lipinski definition) is 2. The summed E-state index contributed by atoms with van der Waals surface area (Å²) in [6, 6.07) is 17.9. The van der Waals surface area contributed by atoms with E-state index in [1.165, 1.54) is 0 Å². The number of para-hydroxylation sites is 1. The minimum Gasteiger partial charge on any atom is -0.493 e. The Morgan fingerprint density at radius 3 is 2.64 bits per heavy atom. The second-order valence-electron chi connectivity index (χ2n) is 7.53. The molecule has 0 saturated carbocycles. The number of β-amino-alcohol motifs (C(OH)–C–C–N with tert-alkyl or cyclic N) is 1. The van der Waals surface area contributed by atoms with Crippen molar-refractivity contribution in [3.63, 3.8) is 0 Å². The van der Waals surface area contributed by atoms with E-state index in [1.54, 1.807) is 0 Å². The number of piperidine rings is 1. The summed E-state index contributed by atoms with van der Waals surface area (Å²) < 4.78 is 11.8. The number of aromatic amines is 1. The average molecular weight is 380 g/mol. The third kappa shape index (κ3) is 4.86. The van der Waals surface area contributed by atoms with Crippen molar-refractivity contribution < 1.29 is 14.6 Å². The van der Waals surface area contributed by atoms with Crippen LogP contribution in [-0.2, 0) is 0 Å². The number of nitrogens with zero attached hydrogens (tertiary/aromatic N) is 1. The van der Waals surface area contributed by atoms with Gasteiger partial charge in [-0.05, 0) is 62.2 Å². The van der Waals surface area contributed by atoms with Gasteiger partial charge in [0.2, 0.25) is 0 Å². The van der Waals surface area contributed by atoms with Crippen LogP contribution in [0, 0.1) is 5.92 Å². The molecule has 3 aromatic rings. The van der Waals surface area contributed by atoms with Gasteiger partial charge >= 0.3 is 0 Å². The van der Waals surface area contributed by atoms with Crippen LogP contribution in [0.3, 0.4) is 0 Å². The molecule has 2 heterocycles. The standard InChI is InChI=1S/C23H28N2O3/c26-19(17-28-23-8-4-7-22-21(23)9-12-24-22)15-25-13-10-18(11-14-25)16-27-20-5-2-1-3-6-20/h1-9,12,18-19,24,26H,10-11,13-17H2. The number of aromatic nitrogens is 1. The van der Waals surface area contributed by atoms with E-state index in [0.717, 1.165) is 54.9 Å². The Labute approximate surface area is 165 Å². The molecule has 1 saturated heterocycles. The molecule has 28 heavy (non-hydrogen) atoms. The van der Waals surface area contributed by atoms with E-state index in [0.29, 0.717) is 19.1 Å². The monoisotopic (exact) mass is 380 g/mol. The first kappa shape index (κ1) is 18.8. The van der Waals surface area contributed by atoms with E-state index >= 15 is 0 Å². The number of H-pyrrole nitrogens is 1. The lowest BCUT2D eigenvalue weighted by atomic mass is 9.97. The van der Waals surface area contributed by atoms with Crippen LogP contribution < -0.4 is 9.47 Å². The minimum absolute atomic E-state index is 0.307. The van der Waals surface area contributed by atoms with Gasteiger partial charge in [0, 0.05) is 23.6 Å². The largest absolute Gasteiger partial charge is 0.493 e. The highest BCUT2D eigenvalue weighted by molar-refractivity contribution is 5.85. The van der Waals surface area contributed by atoms with Crippen molar-refractivity contribution in [3.8, 4) is 11.5 Å². The fraction of sp³-hybridized carbons (Fsp3) is 0.391. The van der Waals surface area contributed by atoms with Gasteiger partial charge in [-0.3, -0.25) is 0 Å². The number of aliphatic hydroxyl groups is 1. The molecule has 1 fully saturated rings. The second kappa shape index (κ2) is 9.13. The van der Waals surface area contributed by atoms with E-state index in [1.807, 2.05) is 60.8 Å². The molecule has 4 rings (SSSR count). The van der Waals surface area contributed by atoms with Gasteiger partial charge in [0.1, 0.15) is 24.2 Å². The molecule has 1 aromatic heterocycles. The van der Waals surface area contributed by atoms with Crippen LogP contribution in [0.15, 0.2) is 60.8 Å². The molecule has 0 spiro atoms. The quantitative estimate of drug-likeness (QED) is 0.626. The molecule has 1 atom stereocenters. The molecule has 1 aliphatic heterocycles. The molecule has 1 aliphatic rings. The fourth-order valence-corrected chi connectivity index (χ4v) is 3.79. The van der Waals surface area contributed by atoms with Crippen molar-refractivity contribution in [2.45, 2.75) is 18.9 Å². The summed E-state index contributed by atoms with van der Waals surface area (Å²) in [7, 11) is 0. The molecule has 148 valence electrons. The van der Waals surface area contributed by atoms with Crippen LogP contribution >= 0.6 is 0 Å². The summed E-state index contributed by atoms with van der Waals surface area (Å²) >= 11 is 0. The lowest BCUT2D eigenvalue weighted by Gasteiger charge is -2.33. The van der Waals surface area contributed by atoms with Crippen molar-refractivity contribution in [2.24, 2.45) is 5.92 Å². The number of fused-ring (bicyclic) bond motifs is 1. The Hall–Kier alpha value is -2.50. The number of benzene rings is 2. The summed E-state index contributed by atoms with van der Waals surface area (Å²) in [4.78, 5) is 5.50. The normalized spacial score (nSPS) is 16.9. The first-order valence-corrected chi connectivity index (χ1v) is 10.0. The van der Waals surface area contributed by atoms with Gasteiger partial charge in [-0.25, -0.2) is 0 Å². The van der Waals surface area contributed by atoms with Crippen LogP contribution in [0.1, 0.15) is 12.8 Å². The van der Waals surface area contributed by atoms with Gasteiger partial charge in [-0.15, -0.1) is 0 Å². The van der Waals surface area contributed by atoms with Crippen LogP contribution in [0.25, 0.3) is 10.9 Å². The SMILES string of the molecule is OC(COc1cccc2[nH]ccc12)CN1CCC(COc2ccccc2)CC1. The summed E-state index contributed by atoms with van der Waals surface area (Å²) in [5, 5.41) is 11.5. The fourth-order valence-electron chi connectivity index (χ4n) is 3.79. The molecule has 2 N–H and O–H groups in total. The molecular weight excluding hydrogens is 352 g/mol. The van der Waals surface area contributed by atoms with Crippen LogP contribution in [0.2, 0.25) is 0 Å². The first-order valence-electron chi connectivity index (χ1n) is 10.0. The maximum atomic E-state index is 10.4. The van der Waals surface area contributed by atoms with Gasteiger partial charge in [-0.2, -0.15) is 0 Å². The third-order valence-electron chi connectivity index (χ3n) is 5.39. The molecule has 1 unspecified atom stereocenters. The molecule has 0 amide bonds. The lowest BCUT2D eigenvalue weighted by Crippen LogP contribution is -2.41. The zero-order valence-electron chi connectivity index (χ0n) is 16.1. The van der Waals surface area contributed by atoms with Crippen LogP contribution in [0.4, 0.5) is 0 Å². The molecule has 2 aromatic carbocycles. The molecule has 0 radical (unpaired) electrons. The van der Waals surface area contributed by atoms with Crippen molar-refractivity contribution in [2.75, 3.05) is 32.8 Å². The molecule has 5 nitrogen and oxygen atoms in total. The predicted octanol–water partition coefficient (Wildman–Crippen LogP) is 3.70. The molecule has 0 aliphatic carbocycles. The van der Waals surface area contributed by atoms with Gasteiger partial charge in [-0.1, -0.05) is 24.3 Å². The lowest BCUT2D eigenvalue weighted by molar-refractivity contribution is 0.0507.